The predicted molar refractivity (Wildman–Crippen MR) is 81.9 cm³/mol. The van der Waals surface area contributed by atoms with Gasteiger partial charge in [0.05, 0.1) is 13.2 Å². The fourth-order valence-corrected chi connectivity index (χ4v) is 1.88. The molecular formula is C16H26N2O2. The number of rotatable bonds is 5. The summed E-state index contributed by atoms with van der Waals surface area (Å²) >= 11 is 0. The fraction of sp³-hybridized carbons (Fsp3) is 0.562. The molecule has 1 aromatic rings. The largest absolute Gasteiger partial charge is 0.496 e. The summed E-state index contributed by atoms with van der Waals surface area (Å²) in [4.78, 5) is 12.0. The van der Waals surface area contributed by atoms with Crippen molar-refractivity contribution in [1.82, 2.24) is 10.6 Å². The minimum atomic E-state index is -0.251. The van der Waals surface area contributed by atoms with E-state index in [1.54, 1.807) is 7.11 Å². The lowest BCUT2D eigenvalue weighted by molar-refractivity contribution is -0.124. The summed E-state index contributed by atoms with van der Waals surface area (Å²) in [5.41, 5.74) is 2.02. The number of benzene rings is 1. The smallest absolute Gasteiger partial charge is 0.237 e. The van der Waals surface area contributed by atoms with E-state index in [-0.39, 0.29) is 17.5 Å². The molecule has 0 saturated carbocycles. The molecule has 2 N–H and O–H groups in total. The Kier molecular flexibility index (Phi) is 5.57. The van der Waals surface area contributed by atoms with Crippen LogP contribution in [0.4, 0.5) is 0 Å². The maximum atomic E-state index is 12.0. The van der Waals surface area contributed by atoms with Crippen molar-refractivity contribution in [2.45, 2.75) is 52.7 Å². The molecule has 0 aliphatic carbocycles. The zero-order valence-corrected chi connectivity index (χ0v) is 13.3. The van der Waals surface area contributed by atoms with Crippen LogP contribution in [0.5, 0.6) is 5.75 Å². The van der Waals surface area contributed by atoms with Crippen molar-refractivity contribution in [3.63, 3.8) is 0 Å². The van der Waals surface area contributed by atoms with Crippen molar-refractivity contribution in [3.8, 4) is 5.75 Å². The van der Waals surface area contributed by atoms with Gasteiger partial charge in [-0.2, -0.15) is 0 Å². The van der Waals surface area contributed by atoms with Gasteiger partial charge in [-0.25, -0.2) is 0 Å². The zero-order chi connectivity index (χ0) is 15.3. The molecule has 0 bridgehead atoms. The lowest BCUT2D eigenvalue weighted by atomic mass is 10.1. The van der Waals surface area contributed by atoms with Gasteiger partial charge in [0.2, 0.25) is 5.91 Å². The molecule has 0 heterocycles. The SMILES string of the molecule is COc1ccc(C)cc1CNC(C)C(=O)NC(C)(C)C. The van der Waals surface area contributed by atoms with Gasteiger partial charge in [-0.1, -0.05) is 17.7 Å². The van der Waals surface area contributed by atoms with Gasteiger partial charge >= 0.3 is 0 Å². The number of hydrogen-bond donors (Lipinski definition) is 2. The quantitative estimate of drug-likeness (QED) is 0.869. The van der Waals surface area contributed by atoms with Crippen LogP contribution in [-0.4, -0.2) is 24.6 Å². The maximum absolute atomic E-state index is 12.0. The third-order valence-corrected chi connectivity index (χ3v) is 2.93. The highest BCUT2D eigenvalue weighted by Gasteiger charge is 2.19. The van der Waals surface area contributed by atoms with E-state index in [0.717, 1.165) is 11.3 Å². The number of nitrogens with one attached hydrogen (secondary N) is 2. The number of carbonyl (C=O) groups excluding carboxylic acids is 1. The van der Waals surface area contributed by atoms with E-state index >= 15 is 0 Å². The Morgan fingerprint density at radius 3 is 2.55 bits per heavy atom. The lowest BCUT2D eigenvalue weighted by Gasteiger charge is -2.24. The first-order valence-electron chi connectivity index (χ1n) is 6.92. The molecule has 1 atom stereocenters. The molecule has 0 fully saturated rings. The summed E-state index contributed by atoms with van der Waals surface area (Å²) in [7, 11) is 1.66. The van der Waals surface area contributed by atoms with Crippen LogP contribution in [0.2, 0.25) is 0 Å². The number of carbonyl (C=O) groups is 1. The van der Waals surface area contributed by atoms with Crippen molar-refractivity contribution in [2.24, 2.45) is 0 Å². The van der Waals surface area contributed by atoms with Crippen molar-refractivity contribution in [1.29, 1.82) is 0 Å². The normalized spacial score (nSPS) is 12.9. The maximum Gasteiger partial charge on any atom is 0.237 e. The molecule has 4 heteroatoms. The number of hydrogen-bond acceptors (Lipinski definition) is 3. The summed E-state index contributed by atoms with van der Waals surface area (Å²) in [6, 6.07) is 5.78. The Bertz CT molecular complexity index is 464. The summed E-state index contributed by atoms with van der Waals surface area (Å²) in [6.07, 6.45) is 0. The standard InChI is InChI=1S/C16H26N2O2/c1-11-7-8-14(20-6)13(9-11)10-17-12(2)15(19)18-16(3,4)5/h7-9,12,17H,10H2,1-6H3,(H,18,19). The molecule has 1 amide bonds. The highest BCUT2D eigenvalue weighted by molar-refractivity contribution is 5.81. The fourth-order valence-electron chi connectivity index (χ4n) is 1.88. The number of ether oxygens (including phenoxy) is 1. The van der Waals surface area contributed by atoms with E-state index in [1.165, 1.54) is 5.56 Å². The van der Waals surface area contributed by atoms with E-state index in [2.05, 4.69) is 16.7 Å². The highest BCUT2D eigenvalue weighted by atomic mass is 16.5. The Labute approximate surface area is 121 Å². The monoisotopic (exact) mass is 278 g/mol. The minimum Gasteiger partial charge on any atom is -0.496 e. The highest BCUT2D eigenvalue weighted by Crippen LogP contribution is 2.19. The Balaban J connectivity index is 2.63. The second kappa shape index (κ2) is 6.75. The molecule has 0 saturated heterocycles. The Morgan fingerprint density at radius 2 is 2.00 bits per heavy atom. The van der Waals surface area contributed by atoms with Gasteiger partial charge in [0.1, 0.15) is 5.75 Å². The lowest BCUT2D eigenvalue weighted by Crippen LogP contribution is -2.49. The van der Waals surface area contributed by atoms with Crippen LogP contribution in [0.15, 0.2) is 18.2 Å². The summed E-state index contributed by atoms with van der Waals surface area (Å²) in [5, 5.41) is 6.19. The topological polar surface area (TPSA) is 50.4 Å². The summed E-state index contributed by atoms with van der Waals surface area (Å²) in [5.74, 6) is 0.843. The number of amides is 1. The molecule has 0 spiro atoms. The van der Waals surface area contributed by atoms with E-state index in [0.29, 0.717) is 6.54 Å². The number of aryl methyl sites for hydroxylation is 1. The second-order valence-electron chi connectivity index (χ2n) is 6.16. The van der Waals surface area contributed by atoms with Gasteiger partial charge in [-0.3, -0.25) is 4.79 Å². The van der Waals surface area contributed by atoms with Gasteiger partial charge in [-0.05, 0) is 40.7 Å². The molecule has 0 radical (unpaired) electrons. The average Bonchev–Trinajstić information content (AvgIpc) is 2.34. The van der Waals surface area contributed by atoms with Crippen LogP contribution in [0.1, 0.15) is 38.8 Å². The van der Waals surface area contributed by atoms with Crippen molar-refractivity contribution >= 4 is 5.91 Å². The summed E-state index contributed by atoms with van der Waals surface area (Å²) < 4.78 is 5.33. The molecule has 1 unspecified atom stereocenters. The van der Waals surface area contributed by atoms with Gasteiger partial charge in [-0.15, -0.1) is 0 Å². The van der Waals surface area contributed by atoms with Gasteiger partial charge in [0, 0.05) is 17.6 Å². The number of methoxy groups -OCH3 is 1. The molecule has 4 nitrogen and oxygen atoms in total. The Morgan fingerprint density at radius 1 is 1.35 bits per heavy atom. The van der Waals surface area contributed by atoms with Crippen LogP contribution < -0.4 is 15.4 Å². The van der Waals surface area contributed by atoms with Gasteiger partial charge in [0.15, 0.2) is 0 Å². The van der Waals surface area contributed by atoms with Crippen molar-refractivity contribution in [3.05, 3.63) is 29.3 Å². The van der Waals surface area contributed by atoms with Gasteiger partial charge < -0.3 is 15.4 Å². The molecule has 1 rings (SSSR count). The molecular weight excluding hydrogens is 252 g/mol. The van der Waals surface area contributed by atoms with Gasteiger partial charge in [0.25, 0.3) is 0 Å². The Hall–Kier alpha value is -1.55. The van der Waals surface area contributed by atoms with E-state index in [4.69, 9.17) is 4.74 Å². The predicted octanol–water partition coefficient (Wildman–Crippen LogP) is 2.40. The van der Waals surface area contributed by atoms with Crippen molar-refractivity contribution in [2.75, 3.05) is 7.11 Å². The first-order chi connectivity index (χ1) is 9.23. The molecule has 112 valence electrons. The third kappa shape index (κ3) is 5.21. The minimum absolute atomic E-state index is 0.00381. The first-order valence-corrected chi connectivity index (χ1v) is 6.92. The van der Waals surface area contributed by atoms with Crippen LogP contribution in [0.25, 0.3) is 0 Å². The van der Waals surface area contributed by atoms with Crippen LogP contribution in [-0.2, 0) is 11.3 Å². The van der Waals surface area contributed by atoms with Crippen molar-refractivity contribution < 1.29 is 9.53 Å². The van der Waals surface area contributed by atoms with Crippen LogP contribution in [0, 0.1) is 6.92 Å². The molecule has 0 aromatic heterocycles. The molecule has 1 aromatic carbocycles. The second-order valence-corrected chi connectivity index (χ2v) is 6.16. The zero-order valence-electron chi connectivity index (χ0n) is 13.3. The average molecular weight is 278 g/mol. The van der Waals surface area contributed by atoms with E-state index in [1.807, 2.05) is 46.8 Å². The third-order valence-electron chi connectivity index (χ3n) is 2.93. The van der Waals surface area contributed by atoms with Crippen LogP contribution >= 0.6 is 0 Å². The first kappa shape index (κ1) is 16.5. The molecule has 0 aliphatic heterocycles. The van der Waals surface area contributed by atoms with E-state index < -0.39 is 0 Å². The molecule has 0 aliphatic rings. The van der Waals surface area contributed by atoms with Crippen LogP contribution in [0.3, 0.4) is 0 Å². The molecule has 20 heavy (non-hydrogen) atoms. The van der Waals surface area contributed by atoms with E-state index in [9.17, 15) is 4.79 Å². The summed E-state index contributed by atoms with van der Waals surface area (Å²) in [6.45, 7) is 10.4.